The fourth-order valence-electron chi connectivity index (χ4n) is 3.77. The number of nitrogens with one attached hydrogen (secondary N) is 1. The van der Waals surface area contributed by atoms with Gasteiger partial charge in [0.2, 0.25) is 0 Å². The monoisotopic (exact) mass is 401 g/mol. The van der Waals surface area contributed by atoms with Crippen LogP contribution in [0.15, 0.2) is 48.5 Å². The molecule has 4 rings (SSSR count). The van der Waals surface area contributed by atoms with Crippen LogP contribution in [0.1, 0.15) is 34.9 Å². The van der Waals surface area contributed by atoms with Gasteiger partial charge in [-0.25, -0.2) is 0 Å². The standard InChI is InChI=1S/C22H25ClN2OS/c1-16-6-8-17(9-7-16)14-24(18-10-11-18)15-21(26)25-12-13-27-22(25)19-4-2-3-5-20(19)23/h2-9,18,22H,10-15H2,1H3/p+1/t22-/m1/s1. The zero-order valence-electron chi connectivity index (χ0n) is 15.7. The number of carbonyl (C=O) groups excluding carboxylic acids is 1. The number of amides is 1. The van der Waals surface area contributed by atoms with Crippen molar-refractivity contribution in [2.24, 2.45) is 0 Å². The Balaban J connectivity index is 1.46. The van der Waals surface area contributed by atoms with Gasteiger partial charge in [0.05, 0.1) is 6.04 Å². The molecule has 1 heterocycles. The maximum Gasteiger partial charge on any atom is 0.278 e. The van der Waals surface area contributed by atoms with E-state index in [2.05, 4.69) is 31.2 Å². The first kappa shape index (κ1) is 18.9. The number of carbonyl (C=O) groups is 1. The SMILES string of the molecule is Cc1ccc(C[NH+](CC(=O)N2CCS[C@@H]2c2ccccc2Cl)C2CC2)cc1. The van der Waals surface area contributed by atoms with Crippen molar-refractivity contribution < 1.29 is 9.69 Å². The average Bonchev–Trinajstić information content (AvgIpc) is 3.40. The van der Waals surface area contributed by atoms with Crippen LogP contribution in [0, 0.1) is 6.92 Å². The Morgan fingerprint density at radius 2 is 1.93 bits per heavy atom. The summed E-state index contributed by atoms with van der Waals surface area (Å²) in [5, 5.41) is 0.798. The Labute approximate surface area is 170 Å². The number of hydrogen-bond acceptors (Lipinski definition) is 2. The highest BCUT2D eigenvalue weighted by Crippen LogP contribution is 2.40. The van der Waals surface area contributed by atoms with E-state index in [-0.39, 0.29) is 11.3 Å². The van der Waals surface area contributed by atoms with Gasteiger partial charge >= 0.3 is 0 Å². The number of quaternary nitrogens is 1. The molecule has 1 aliphatic heterocycles. The molecule has 2 aromatic carbocycles. The van der Waals surface area contributed by atoms with Crippen LogP contribution in [-0.2, 0) is 11.3 Å². The molecule has 1 amide bonds. The Morgan fingerprint density at radius 1 is 1.19 bits per heavy atom. The molecule has 27 heavy (non-hydrogen) atoms. The number of nitrogens with zero attached hydrogens (tertiary/aromatic N) is 1. The first-order valence-electron chi connectivity index (χ1n) is 9.67. The number of halogens is 1. The van der Waals surface area contributed by atoms with E-state index < -0.39 is 0 Å². The van der Waals surface area contributed by atoms with E-state index >= 15 is 0 Å². The van der Waals surface area contributed by atoms with Crippen molar-refractivity contribution in [1.82, 2.24) is 4.90 Å². The van der Waals surface area contributed by atoms with Crippen molar-refractivity contribution in [3.05, 3.63) is 70.2 Å². The first-order chi connectivity index (χ1) is 13.1. The maximum atomic E-state index is 13.2. The molecule has 1 aliphatic carbocycles. The van der Waals surface area contributed by atoms with Crippen molar-refractivity contribution in [2.75, 3.05) is 18.8 Å². The summed E-state index contributed by atoms with van der Waals surface area (Å²) in [6, 6.07) is 17.2. The topological polar surface area (TPSA) is 24.8 Å². The van der Waals surface area contributed by atoms with Crippen LogP contribution in [0.5, 0.6) is 0 Å². The van der Waals surface area contributed by atoms with Gasteiger partial charge in [-0.2, -0.15) is 0 Å². The minimum atomic E-state index is 0.0472. The molecule has 1 saturated carbocycles. The van der Waals surface area contributed by atoms with Crippen LogP contribution in [-0.4, -0.2) is 35.7 Å². The lowest BCUT2D eigenvalue weighted by molar-refractivity contribution is -0.917. The zero-order valence-corrected chi connectivity index (χ0v) is 17.2. The van der Waals surface area contributed by atoms with E-state index in [0.29, 0.717) is 12.6 Å². The van der Waals surface area contributed by atoms with E-state index in [4.69, 9.17) is 11.6 Å². The Bertz CT molecular complexity index is 806. The number of aryl methyl sites for hydroxylation is 1. The maximum absolute atomic E-state index is 13.2. The minimum absolute atomic E-state index is 0.0472. The van der Waals surface area contributed by atoms with Gasteiger partial charge in [-0.1, -0.05) is 59.6 Å². The molecule has 2 fully saturated rings. The molecule has 2 aliphatic rings. The van der Waals surface area contributed by atoms with Crippen LogP contribution < -0.4 is 4.90 Å². The third-order valence-electron chi connectivity index (χ3n) is 5.47. The third-order valence-corrected chi connectivity index (χ3v) is 7.05. The van der Waals surface area contributed by atoms with E-state index in [9.17, 15) is 4.79 Å². The Morgan fingerprint density at radius 3 is 2.63 bits per heavy atom. The van der Waals surface area contributed by atoms with E-state index in [1.54, 1.807) is 0 Å². The second-order valence-corrected chi connectivity index (χ2v) is 9.20. The second kappa shape index (κ2) is 8.26. The van der Waals surface area contributed by atoms with Gasteiger partial charge < -0.3 is 9.80 Å². The van der Waals surface area contributed by atoms with Crippen molar-refractivity contribution >= 4 is 29.3 Å². The van der Waals surface area contributed by atoms with Gasteiger partial charge in [-0.05, 0) is 13.0 Å². The lowest BCUT2D eigenvalue weighted by atomic mass is 10.1. The summed E-state index contributed by atoms with van der Waals surface area (Å²) in [6.45, 7) is 4.41. The van der Waals surface area contributed by atoms with E-state index in [0.717, 1.165) is 29.4 Å². The van der Waals surface area contributed by atoms with Gasteiger partial charge in [-0.15, -0.1) is 11.8 Å². The molecule has 1 N–H and O–H groups in total. The molecule has 1 unspecified atom stereocenters. The number of rotatable bonds is 6. The summed E-state index contributed by atoms with van der Waals surface area (Å²) >= 11 is 8.22. The molecule has 0 spiro atoms. The highest BCUT2D eigenvalue weighted by Gasteiger charge is 2.38. The smallest absolute Gasteiger partial charge is 0.278 e. The average molecular weight is 402 g/mol. The van der Waals surface area contributed by atoms with Crippen LogP contribution in [0.4, 0.5) is 0 Å². The number of benzene rings is 2. The van der Waals surface area contributed by atoms with Crippen LogP contribution in [0.25, 0.3) is 0 Å². The molecule has 3 nitrogen and oxygen atoms in total. The van der Waals surface area contributed by atoms with Crippen LogP contribution in [0.3, 0.4) is 0 Å². The fourth-order valence-corrected chi connectivity index (χ4v) is 5.38. The summed E-state index contributed by atoms with van der Waals surface area (Å²) in [4.78, 5) is 16.6. The summed E-state index contributed by atoms with van der Waals surface area (Å²) in [5.74, 6) is 1.22. The summed E-state index contributed by atoms with van der Waals surface area (Å²) in [5.41, 5.74) is 3.65. The molecule has 2 atom stereocenters. The molecule has 142 valence electrons. The Hall–Kier alpha value is -1.49. The molecule has 0 aromatic heterocycles. The van der Waals surface area contributed by atoms with Gasteiger partial charge in [0, 0.05) is 41.3 Å². The number of hydrogen-bond donors (Lipinski definition) is 1. The molecular formula is C22H26ClN2OS+. The van der Waals surface area contributed by atoms with Crippen LogP contribution >= 0.6 is 23.4 Å². The van der Waals surface area contributed by atoms with Gasteiger partial charge in [-0.3, -0.25) is 4.79 Å². The normalized spacial score (nSPS) is 20.7. The summed E-state index contributed by atoms with van der Waals surface area (Å²) in [7, 11) is 0. The zero-order chi connectivity index (χ0) is 18.8. The lowest BCUT2D eigenvalue weighted by Gasteiger charge is -2.27. The fraction of sp³-hybridized carbons (Fsp3) is 0.409. The first-order valence-corrected chi connectivity index (χ1v) is 11.1. The second-order valence-electron chi connectivity index (χ2n) is 7.60. The van der Waals surface area contributed by atoms with E-state index in [1.165, 1.54) is 28.9 Å². The third kappa shape index (κ3) is 4.50. The highest BCUT2D eigenvalue weighted by atomic mass is 35.5. The molecule has 0 bridgehead atoms. The van der Waals surface area contributed by atoms with E-state index in [1.807, 2.05) is 40.9 Å². The summed E-state index contributed by atoms with van der Waals surface area (Å²) in [6.07, 6.45) is 2.47. The number of thioether (sulfide) groups is 1. The predicted molar refractivity (Wildman–Crippen MR) is 112 cm³/mol. The van der Waals surface area contributed by atoms with Crippen molar-refractivity contribution in [2.45, 2.75) is 37.7 Å². The van der Waals surface area contributed by atoms with Crippen LogP contribution in [0.2, 0.25) is 5.02 Å². The Kier molecular flexibility index (Phi) is 5.76. The summed E-state index contributed by atoms with van der Waals surface area (Å²) < 4.78 is 0. The van der Waals surface area contributed by atoms with Gasteiger partial charge in [0.15, 0.2) is 6.54 Å². The van der Waals surface area contributed by atoms with Crippen molar-refractivity contribution in [3.8, 4) is 0 Å². The quantitative estimate of drug-likeness (QED) is 0.801. The van der Waals surface area contributed by atoms with Crippen molar-refractivity contribution in [1.29, 1.82) is 0 Å². The lowest BCUT2D eigenvalue weighted by Crippen LogP contribution is -3.13. The highest BCUT2D eigenvalue weighted by molar-refractivity contribution is 7.99. The molecule has 2 aromatic rings. The van der Waals surface area contributed by atoms with Gasteiger partial charge in [0.1, 0.15) is 11.9 Å². The molecule has 0 radical (unpaired) electrons. The van der Waals surface area contributed by atoms with Crippen molar-refractivity contribution in [3.63, 3.8) is 0 Å². The predicted octanol–water partition coefficient (Wildman–Crippen LogP) is 3.47. The largest absolute Gasteiger partial charge is 0.321 e. The van der Waals surface area contributed by atoms with Gasteiger partial charge in [0.25, 0.3) is 5.91 Å². The molecule has 1 saturated heterocycles. The molecule has 5 heteroatoms. The minimum Gasteiger partial charge on any atom is -0.321 e. The molecular weight excluding hydrogens is 376 g/mol.